The molecule has 0 saturated heterocycles. The Morgan fingerprint density at radius 3 is 2.64 bits per heavy atom. The van der Waals surface area contributed by atoms with Crippen molar-refractivity contribution >= 4 is 22.4 Å². The van der Waals surface area contributed by atoms with Crippen LogP contribution in [-0.4, -0.2) is 20.7 Å². The van der Waals surface area contributed by atoms with Gasteiger partial charge in [-0.1, -0.05) is 30.3 Å². The fraction of sp³-hybridized carbons (Fsp3) is 0.0500. The Morgan fingerprint density at radius 2 is 1.93 bits per heavy atom. The highest BCUT2D eigenvalue weighted by molar-refractivity contribution is 7.13. The minimum Gasteiger partial charge on any atom is -0.485 e. The van der Waals surface area contributed by atoms with E-state index in [0.29, 0.717) is 16.6 Å². The number of nitrogens with one attached hydrogen (secondary N) is 1. The number of carbonyl (C=O) groups is 1. The quantitative estimate of drug-likeness (QED) is 0.529. The van der Waals surface area contributed by atoms with Gasteiger partial charge in [0.25, 0.3) is 5.91 Å². The van der Waals surface area contributed by atoms with Crippen molar-refractivity contribution in [1.29, 1.82) is 0 Å². The van der Waals surface area contributed by atoms with Crippen molar-refractivity contribution in [1.82, 2.24) is 14.8 Å². The molecule has 0 saturated carbocycles. The summed E-state index contributed by atoms with van der Waals surface area (Å²) in [6, 6.07) is 15.4. The van der Waals surface area contributed by atoms with Gasteiger partial charge in [-0.05, 0) is 29.8 Å². The molecule has 6 nitrogen and oxygen atoms in total. The third-order valence-electron chi connectivity index (χ3n) is 3.88. The van der Waals surface area contributed by atoms with Crippen molar-refractivity contribution < 1.29 is 13.9 Å². The van der Waals surface area contributed by atoms with E-state index in [4.69, 9.17) is 4.74 Å². The van der Waals surface area contributed by atoms with Crippen LogP contribution >= 0.6 is 11.3 Å². The number of anilines is 1. The molecule has 2 heterocycles. The third kappa shape index (κ3) is 4.07. The van der Waals surface area contributed by atoms with Crippen molar-refractivity contribution in [3.05, 3.63) is 89.4 Å². The second kappa shape index (κ2) is 8.01. The number of nitrogens with zero attached hydrogens (tertiary/aromatic N) is 3. The van der Waals surface area contributed by atoms with Crippen molar-refractivity contribution in [2.24, 2.45) is 0 Å². The maximum atomic E-state index is 13.2. The van der Waals surface area contributed by atoms with E-state index in [-0.39, 0.29) is 18.1 Å². The molecule has 0 unspecified atom stereocenters. The Kier molecular flexibility index (Phi) is 5.11. The summed E-state index contributed by atoms with van der Waals surface area (Å²) in [5.74, 6) is -0.459. The van der Waals surface area contributed by atoms with Crippen LogP contribution in [0.25, 0.3) is 5.69 Å². The van der Waals surface area contributed by atoms with E-state index in [1.807, 2.05) is 30.3 Å². The molecule has 0 radical (unpaired) electrons. The number of hydrogen-bond acceptors (Lipinski definition) is 5. The summed E-state index contributed by atoms with van der Waals surface area (Å²) < 4.78 is 20.5. The molecule has 0 aliphatic rings. The normalized spacial score (nSPS) is 10.6. The number of carbonyl (C=O) groups excluding carboxylic acids is 1. The van der Waals surface area contributed by atoms with Crippen LogP contribution < -0.4 is 10.1 Å². The Morgan fingerprint density at radius 1 is 1.14 bits per heavy atom. The number of rotatable bonds is 6. The van der Waals surface area contributed by atoms with E-state index in [9.17, 15) is 9.18 Å². The molecule has 0 spiro atoms. The number of hydrogen-bond donors (Lipinski definition) is 1. The second-order valence-electron chi connectivity index (χ2n) is 5.83. The molecule has 0 aliphatic heterocycles. The van der Waals surface area contributed by atoms with Gasteiger partial charge in [-0.3, -0.25) is 10.1 Å². The smallest absolute Gasteiger partial charge is 0.281 e. The number of thiazole rings is 1. The highest BCUT2D eigenvalue weighted by Crippen LogP contribution is 2.23. The van der Waals surface area contributed by atoms with Gasteiger partial charge in [-0.15, -0.1) is 11.3 Å². The maximum Gasteiger partial charge on any atom is 0.281 e. The molecule has 8 heteroatoms. The zero-order valence-corrected chi connectivity index (χ0v) is 15.4. The molecule has 4 rings (SSSR count). The lowest BCUT2D eigenvalue weighted by molar-refractivity contribution is 0.101. The van der Waals surface area contributed by atoms with E-state index in [1.165, 1.54) is 28.2 Å². The first-order valence-electron chi connectivity index (χ1n) is 8.42. The lowest BCUT2D eigenvalue weighted by Gasteiger charge is -2.05. The topological polar surface area (TPSA) is 69.0 Å². The molecule has 0 bridgehead atoms. The van der Waals surface area contributed by atoms with Gasteiger partial charge in [0.2, 0.25) is 0 Å². The number of aromatic nitrogens is 3. The number of ether oxygens (including phenoxy) is 1. The monoisotopic (exact) mass is 394 g/mol. The van der Waals surface area contributed by atoms with Crippen LogP contribution in [0.1, 0.15) is 16.1 Å². The number of benzene rings is 2. The van der Waals surface area contributed by atoms with Gasteiger partial charge >= 0.3 is 0 Å². The summed E-state index contributed by atoms with van der Waals surface area (Å²) in [5, 5.41) is 9.27. The molecule has 0 aliphatic carbocycles. The zero-order chi connectivity index (χ0) is 19.3. The highest BCUT2D eigenvalue weighted by Gasteiger charge is 2.20. The Bertz CT molecular complexity index is 1060. The van der Waals surface area contributed by atoms with Crippen LogP contribution in [0.2, 0.25) is 0 Å². The van der Waals surface area contributed by atoms with Gasteiger partial charge in [0.1, 0.15) is 12.4 Å². The van der Waals surface area contributed by atoms with Crippen LogP contribution in [-0.2, 0) is 6.61 Å². The van der Waals surface area contributed by atoms with Gasteiger partial charge in [-0.25, -0.2) is 14.1 Å². The summed E-state index contributed by atoms with van der Waals surface area (Å²) >= 11 is 1.31. The Hall–Kier alpha value is -3.52. The standard InChI is InChI=1S/C20H15FN4O2S/c21-15-6-8-16(9-7-15)25-12-17(27-13-14-4-2-1-3-5-14)18(24-25)19(26)23-20-22-10-11-28-20/h1-12H,13H2,(H,22,23,26). The molecule has 4 aromatic rings. The van der Waals surface area contributed by atoms with Crippen molar-refractivity contribution in [3.63, 3.8) is 0 Å². The van der Waals surface area contributed by atoms with Gasteiger partial charge in [-0.2, -0.15) is 5.10 Å². The van der Waals surface area contributed by atoms with E-state index >= 15 is 0 Å². The maximum absolute atomic E-state index is 13.2. The highest BCUT2D eigenvalue weighted by atomic mass is 32.1. The molecule has 28 heavy (non-hydrogen) atoms. The Balaban J connectivity index is 1.63. The lowest BCUT2D eigenvalue weighted by atomic mass is 10.2. The summed E-state index contributed by atoms with van der Waals surface area (Å²) in [7, 11) is 0. The first kappa shape index (κ1) is 17.9. The molecule has 1 N–H and O–H groups in total. The first-order chi connectivity index (χ1) is 13.7. The molecule has 0 fully saturated rings. The van der Waals surface area contributed by atoms with Gasteiger partial charge in [0.05, 0.1) is 11.9 Å². The number of halogens is 1. The fourth-order valence-electron chi connectivity index (χ4n) is 2.52. The van der Waals surface area contributed by atoms with Gasteiger partial charge < -0.3 is 4.74 Å². The van der Waals surface area contributed by atoms with Crippen LogP contribution in [0.5, 0.6) is 5.75 Å². The van der Waals surface area contributed by atoms with Crippen LogP contribution in [0, 0.1) is 5.82 Å². The largest absolute Gasteiger partial charge is 0.485 e. The molecule has 2 aromatic heterocycles. The molecule has 140 valence electrons. The van der Waals surface area contributed by atoms with E-state index < -0.39 is 5.91 Å². The molecular weight excluding hydrogens is 379 g/mol. The first-order valence-corrected chi connectivity index (χ1v) is 9.30. The molecule has 0 atom stereocenters. The number of amides is 1. The molecule has 1 amide bonds. The summed E-state index contributed by atoms with van der Waals surface area (Å²) in [6.45, 7) is 0.285. The summed E-state index contributed by atoms with van der Waals surface area (Å²) in [6.07, 6.45) is 3.21. The van der Waals surface area contributed by atoms with E-state index in [0.717, 1.165) is 5.56 Å². The summed E-state index contributed by atoms with van der Waals surface area (Å²) in [4.78, 5) is 16.7. The third-order valence-corrected chi connectivity index (χ3v) is 4.57. The fourth-order valence-corrected chi connectivity index (χ4v) is 3.05. The van der Waals surface area contributed by atoms with Crippen LogP contribution in [0.15, 0.2) is 72.4 Å². The lowest BCUT2D eigenvalue weighted by Crippen LogP contribution is -2.14. The van der Waals surface area contributed by atoms with Crippen LogP contribution in [0.4, 0.5) is 9.52 Å². The van der Waals surface area contributed by atoms with Gasteiger partial charge in [0, 0.05) is 11.6 Å². The average molecular weight is 394 g/mol. The Labute approximate surface area is 164 Å². The molecule has 2 aromatic carbocycles. The predicted octanol–water partition coefficient (Wildman–Crippen LogP) is 4.30. The minimum atomic E-state index is -0.432. The van der Waals surface area contributed by atoms with Crippen molar-refractivity contribution in [2.45, 2.75) is 6.61 Å². The zero-order valence-electron chi connectivity index (χ0n) is 14.6. The van der Waals surface area contributed by atoms with Crippen molar-refractivity contribution in [3.8, 4) is 11.4 Å². The minimum absolute atomic E-state index is 0.121. The van der Waals surface area contributed by atoms with E-state index in [1.54, 1.807) is 29.9 Å². The van der Waals surface area contributed by atoms with Gasteiger partial charge in [0.15, 0.2) is 16.6 Å². The average Bonchev–Trinajstić information content (AvgIpc) is 3.37. The van der Waals surface area contributed by atoms with Crippen molar-refractivity contribution in [2.75, 3.05) is 5.32 Å². The summed E-state index contributed by atoms with van der Waals surface area (Å²) in [5.41, 5.74) is 1.69. The van der Waals surface area contributed by atoms with Crippen LogP contribution in [0.3, 0.4) is 0 Å². The predicted molar refractivity (Wildman–Crippen MR) is 104 cm³/mol. The molecular formula is C20H15FN4O2S. The SMILES string of the molecule is O=C(Nc1nccs1)c1nn(-c2ccc(F)cc2)cc1OCc1ccccc1. The second-order valence-corrected chi connectivity index (χ2v) is 6.72. The van der Waals surface area contributed by atoms with E-state index in [2.05, 4.69) is 15.4 Å².